The van der Waals surface area contributed by atoms with E-state index in [1.807, 2.05) is 32.0 Å². The van der Waals surface area contributed by atoms with Gasteiger partial charge in [0.05, 0.1) is 5.38 Å². The highest BCUT2D eigenvalue weighted by Crippen LogP contribution is 2.34. The van der Waals surface area contributed by atoms with Crippen molar-refractivity contribution in [3.05, 3.63) is 69.8 Å². The van der Waals surface area contributed by atoms with Gasteiger partial charge in [0.15, 0.2) is 0 Å². The van der Waals surface area contributed by atoms with E-state index in [4.69, 9.17) is 11.6 Å². The maximum Gasteiger partial charge on any atom is 0.128 e. The van der Waals surface area contributed by atoms with Crippen molar-refractivity contribution in [2.45, 2.75) is 26.1 Å². The summed E-state index contributed by atoms with van der Waals surface area (Å²) in [5, 5.41) is -0.685. The number of hydrogen-bond donors (Lipinski definition) is 0. The molecule has 0 radical (unpaired) electrons. The zero-order valence-electron chi connectivity index (χ0n) is 11.1. The lowest BCUT2D eigenvalue weighted by Gasteiger charge is -2.16. The Hall–Kier alpha value is -1.41. The van der Waals surface area contributed by atoms with Crippen molar-refractivity contribution in [2.24, 2.45) is 0 Å². The average molecular weight is 281 g/mol. The van der Waals surface area contributed by atoms with Gasteiger partial charge >= 0.3 is 0 Å². The quantitative estimate of drug-likeness (QED) is 0.662. The SMILES string of the molecule is Cc1cc(F)c(C(Cl)c2cccc(C)c2C)cc1F. The Morgan fingerprint density at radius 2 is 1.58 bits per heavy atom. The monoisotopic (exact) mass is 280 g/mol. The topological polar surface area (TPSA) is 0 Å². The van der Waals surface area contributed by atoms with Gasteiger partial charge < -0.3 is 0 Å². The first-order valence-electron chi connectivity index (χ1n) is 6.07. The first kappa shape index (κ1) is 14.0. The Kier molecular flexibility index (Phi) is 3.91. The normalized spacial score (nSPS) is 12.5. The van der Waals surface area contributed by atoms with E-state index in [1.165, 1.54) is 19.1 Å². The Labute approximate surface area is 117 Å². The molecule has 2 rings (SSSR count). The predicted octanol–water partition coefficient (Wildman–Crippen LogP) is 5.22. The fourth-order valence-corrected chi connectivity index (χ4v) is 2.48. The van der Waals surface area contributed by atoms with Crippen molar-refractivity contribution in [1.29, 1.82) is 0 Å². The summed E-state index contributed by atoms with van der Waals surface area (Å²) in [6.07, 6.45) is 0. The summed E-state index contributed by atoms with van der Waals surface area (Å²) in [6.45, 7) is 5.43. The summed E-state index contributed by atoms with van der Waals surface area (Å²) < 4.78 is 27.5. The summed E-state index contributed by atoms with van der Waals surface area (Å²) >= 11 is 6.33. The molecule has 0 bridgehead atoms. The maximum atomic E-state index is 13.9. The third-order valence-corrected chi connectivity index (χ3v) is 3.94. The number of hydrogen-bond acceptors (Lipinski definition) is 0. The van der Waals surface area contributed by atoms with Crippen LogP contribution in [-0.2, 0) is 0 Å². The van der Waals surface area contributed by atoms with Gasteiger partial charge in [-0.15, -0.1) is 11.6 Å². The molecular formula is C16H15ClF2. The van der Waals surface area contributed by atoms with Crippen molar-refractivity contribution in [3.8, 4) is 0 Å². The summed E-state index contributed by atoms with van der Waals surface area (Å²) in [4.78, 5) is 0. The van der Waals surface area contributed by atoms with E-state index in [0.29, 0.717) is 0 Å². The molecule has 0 amide bonds. The van der Waals surface area contributed by atoms with Crippen LogP contribution in [-0.4, -0.2) is 0 Å². The molecule has 0 saturated carbocycles. The lowest BCUT2D eigenvalue weighted by molar-refractivity contribution is 0.580. The van der Waals surface area contributed by atoms with Gasteiger partial charge in [-0.1, -0.05) is 18.2 Å². The molecule has 1 unspecified atom stereocenters. The lowest BCUT2D eigenvalue weighted by atomic mass is 9.96. The summed E-state index contributed by atoms with van der Waals surface area (Å²) in [7, 11) is 0. The molecule has 3 heteroatoms. The average Bonchev–Trinajstić information content (AvgIpc) is 2.36. The Bertz CT molecular complexity index is 620. The molecule has 0 saturated heterocycles. The predicted molar refractivity (Wildman–Crippen MR) is 74.7 cm³/mol. The molecular weight excluding hydrogens is 266 g/mol. The smallest absolute Gasteiger partial charge is 0.128 e. The van der Waals surface area contributed by atoms with Gasteiger partial charge in [0.2, 0.25) is 0 Å². The lowest BCUT2D eigenvalue weighted by Crippen LogP contribution is -2.02. The van der Waals surface area contributed by atoms with Gasteiger partial charge in [0.1, 0.15) is 11.6 Å². The van der Waals surface area contributed by atoms with E-state index in [1.54, 1.807) is 0 Å². The van der Waals surface area contributed by atoms with E-state index in [0.717, 1.165) is 16.7 Å². The third kappa shape index (κ3) is 2.64. The Balaban J connectivity index is 2.53. The van der Waals surface area contributed by atoms with Crippen LogP contribution in [0.3, 0.4) is 0 Å². The van der Waals surface area contributed by atoms with Crippen LogP contribution in [0, 0.1) is 32.4 Å². The van der Waals surface area contributed by atoms with Gasteiger partial charge in [0, 0.05) is 5.56 Å². The van der Waals surface area contributed by atoms with Crippen molar-refractivity contribution in [1.82, 2.24) is 0 Å². The van der Waals surface area contributed by atoms with E-state index in [-0.39, 0.29) is 11.1 Å². The maximum absolute atomic E-state index is 13.9. The van der Waals surface area contributed by atoms with Gasteiger partial charge in [0.25, 0.3) is 0 Å². The van der Waals surface area contributed by atoms with Gasteiger partial charge in [-0.2, -0.15) is 0 Å². The highest BCUT2D eigenvalue weighted by atomic mass is 35.5. The van der Waals surface area contributed by atoms with Gasteiger partial charge in [-0.3, -0.25) is 0 Å². The molecule has 0 heterocycles. The molecule has 0 spiro atoms. The zero-order chi connectivity index (χ0) is 14.2. The first-order chi connectivity index (χ1) is 8.91. The molecule has 0 aliphatic rings. The Morgan fingerprint density at radius 3 is 2.26 bits per heavy atom. The second-order valence-corrected chi connectivity index (χ2v) is 5.21. The molecule has 2 aromatic rings. The number of halogens is 3. The second kappa shape index (κ2) is 5.30. The van der Waals surface area contributed by atoms with Crippen LogP contribution in [0.5, 0.6) is 0 Å². The summed E-state index contributed by atoms with van der Waals surface area (Å²) in [6, 6.07) is 8.05. The molecule has 0 aliphatic heterocycles. The third-order valence-electron chi connectivity index (χ3n) is 3.47. The molecule has 0 fully saturated rings. The van der Waals surface area contributed by atoms with E-state index in [2.05, 4.69) is 0 Å². The molecule has 100 valence electrons. The van der Waals surface area contributed by atoms with Crippen LogP contribution in [0.25, 0.3) is 0 Å². The van der Waals surface area contributed by atoms with Crippen LogP contribution >= 0.6 is 11.6 Å². The zero-order valence-corrected chi connectivity index (χ0v) is 11.9. The number of alkyl halides is 1. The standard InChI is InChI=1S/C16H15ClF2/c1-9-5-4-6-12(11(9)3)16(17)13-8-14(18)10(2)7-15(13)19/h4-8,16H,1-3H3. The number of rotatable bonds is 2. The molecule has 1 atom stereocenters. The van der Waals surface area contributed by atoms with E-state index < -0.39 is 17.0 Å². The van der Waals surface area contributed by atoms with E-state index in [9.17, 15) is 8.78 Å². The summed E-state index contributed by atoms with van der Waals surface area (Å²) in [5.74, 6) is -0.910. The van der Waals surface area contributed by atoms with Crippen molar-refractivity contribution in [3.63, 3.8) is 0 Å². The molecule has 0 N–H and O–H groups in total. The first-order valence-corrected chi connectivity index (χ1v) is 6.51. The minimum absolute atomic E-state index is 0.179. The fraction of sp³-hybridized carbons (Fsp3) is 0.250. The van der Waals surface area contributed by atoms with Crippen LogP contribution in [0.4, 0.5) is 8.78 Å². The van der Waals surface area contributed by atoms with Gasteiger partial charge in [-0.25, -0.2) is 8.78 Å². The minimum atomic E-state index is -0.685. The molecule has 19 heavy (non-hydrogen) atoms. The molecule has 0 aliphatic carbocycles. The van der Waals surface area contributed by atoms with Crippen LogP contribution < -0.4 is 0 Å². The largest absolute Gasteiger partial charge is 0.207 e. The molecule has 0 nitrogen and oxygen atoms in total. The minimum Gasteiger partial charge on any atom is -0.207 e. The van der Waals surface area contributed by atoms with Crippen molar-refractivity contribution < 1.29 is 8.78 Å². The molecule has 0 aromatic heterocycles. The van der Waals surface area contributed by atoms with E-state index >= 15 is 0 Å². The van der Waals surface area contributed by atoms with Crippen LogP contribution in [0.1, 0.15) is 33.2 Å². The van der Waals surface area contributed by atoms with Crippen molar-refractivity contribution in [2.75, 3.05) is 0 Å². The molecule has 2 aromatic carbocycles. The van der Waals surface area contributed by atoms with Gasteiger partial charge in [-0.05, 0) is 55.2 Å². The number of aryl methyl sites for hydroxylation is 2. The second-order valence-electron chi connectivity index (χ2n) is 4.77. The number of benzene rings is 2. The fourth-order valence-electron chi connectivity index (χ4n) is 2.07. The Morgan fingerprint density at radius 1 is 0.895 bits per heavy atom. The van der Waals surface area contributed by atoms with Crippen LogP contribution in [0.15, 0.2) is 30.3 Å². The van der Waals surface area contributed by atoms with Crippen molar-refractivity contribution >= 4 is 11.6 Å². The highest BCUT2D eigenvalue weighted by molar-refractivity contribution is 6.22. The summed E-state index contributed by atoms with van der Waals surface area (Å²) in [5.41, 5.74) is 3.35. The highest BCUT2D eigenvalue weighted by Gasteiger charge is 2.19. The van der Waals surface area contributed by atoms with Crippen LogP contribution in [0.2, 0.25) is 0 Å².